The number of anilines is 3. The normalized spacial score (nSPS) is 19.3. The van der Waals surface area contributed by atoms with E-state index in [9.17, 15) is 4.79 Å². The maximum absolute atomic E-state index is 15.3. The molecule has 2 aromatic heterocycles. The van der Waals surface area contributed by atoms with Crippen LogP contribution in [0.4, 0.5) is 26.4 Å². The average Bonchev–Trinajstić information content (AvgIpc) is 3.29. The third kappa shape index (κ3) is 3.93. The summed E-state index contributed by atoms with van der Waals surface area (Å²) in [6, 6.07) is 2.62. The largest absolute Gasteiger partial charge is 0.474 e. The average molecular weight is 468 g/mol. The van der Waals surface area contributed by atoms with Gasteiger partial charge in [0.2, 0.25) is 5.88 Å². The quantitative estimate of drug-likeness (QED) is 0.430. The number of nitrogens with one attached hydrogen (secondary N) is 3. The Hall–Kier alpha value is -3.70. The van der Waals surface area contributed by atoms with Crippen LogP contribution in [0.5, 0.6) is 5.88 Å². The molecule has 11 heteroatoms. The lowest BCUT2D eigenvalue weighted by molar-refractivity contribution is 0.0748. The van der Waals surface area contributed by atoms with Crippen molar-refractivity contribution in [1.29, 1.82) is 0 Å². The molecule has 4 heterocycles. The molecule has 2 aliphatic heterocycles. The molecule has 1 fully saturated rings. The fourth-order valence-corrected chi connectivity index (χ4v) is 4.28. The maximum atomic E-state index is 15.3. The molecule has 5 N–H and O–H groups in total. The molecule has 0 saturated carbocycles. The maximum Gasteiger partial charge on any atom is 0.320 e. The number of pyridine rings is 2. The van der Waals surface area contributed by atoms with Crippen LogP contribution in [-0.4, -0.2) is 61.6 Å². The summed E-state index contributed by atoms with van der Waals surface area (Å²) >= 11 is 0. The van der Waals surface area contributed by atoms with Crippen molar-refractivity contribution in [1.82, 2.24) is 15.3 Å². The SMILES string of the molecule is CO[C@H]1COC[C@H]1NC(=O)Nc1cc2cc(-c3cnc4c(c3C)NCCO4)c(F)c(N)c2cn1. The summed E-state index contributed by atoms with van der Waals surface area (Å²) in [5.41, 5.74) is 8.55. The number of amides is 2. The number of rotatable bonds is 4. The Balaban J connectivity index is 1.46. The van der Waals surface area contributed by atoms with Crippen LogP contribution in [-0.2, 0) is 9.47 Å². The number of nitrogens with two attached hydrogens (primary N) is 1. The third-order valence-corrected chi connectivity index (χ3v) is 6.12. The predicted octanol–water partition coefficient (Wildman–Crippen LogP) is 2.67. The van der Waals surface area contributed by atoms with Crippen LogP contribution in [0.2, 0.25) is 0 Å². The van der Waals surface area contributed by atoms with Gasteiger partial charge in [0.25, 0.3) is 0 Å². The van der Waals surface area contributed by atoms with E-state index >= 15 is 4.39 Å². The monoisotopic (exact) mass is 468 g/mol. The molecule has 2 atom stereocenters. The summed E-state index contributed by atoms with van der Waals surface area (Å²) in [6.07, 6.45) is 2.81. The van der Waals surface area contributed by atoms with Gasteiger partial charge in [0.1, 0.15) is 24.2 Å². The zero-order chi connectivity index (χ0) is 23.8. The first-order valence-corrected chi connectivity index (χ1v) is 10.9. The highest BCUT2D eigenvalue weighted by Crippen LogP contribution is 2.39. The van der Waals surface area contributed by atoms with Gasteiger partial charge in [0.15, 0.2) is 5.82 Å². The summed E-state index contributed by atoms with van der Waals surface area (Å²) < 4.78 is 31.5. The van der Waals surface area contributed by atoms with Crippen molar-refractivity contribution < 1.29 is 23.4 Å². The van der Waals surface area contributed by atoms with E-state index in [-0.39, 0.29) is 17.8 Å². The zero-order valence-electron chi connectivity index (χ0n) is 18.8. The summed E-state index contributed by atoms with van der Waals surface area (Å²) in [5.74, 6) is 0.234. The number of carbonyl (C=O) groups excluding carboxylic acids is 1. The molecule has 0 aliphatic carbocycles. The van der Waals surface area contributed by atoms with Gasteiger partial charge in [-0.25, -0.2) is 19.2 Å². The van der Waals surface area contributed by atoms with E-state index in [2.05, 4.69) is 25.9 Å². The molecule has 0 bridgehead atoms. The van der Waals surface area contributed by atoms with Crippen molar-refractivity contribution in [3.05, 3.63) is 35.9 Å². The van der Waals surface area contributed by atoms with Crippen LogP contribution in [0.15, 0.2) is 24.5 Å². The van der Waals surface area contributed by atoms with Crippen molar-refractivity contribution >= 4 is 34.0 Å². The van der Waals surface area contributed by atoms with E-state index < -0.39 is 11.8 Å². The number of urea groups is 1. The smallest absolute Gasteiger partial charge is 0.320 e. The van der Waals surface area contributed by atoms with Crippen LogP contribution >= 0.6 is 0 Å². The Kier molecular flexibility index (Phi) is 5.80. The molecule has 1 aromatic carbocycles. The number of methoxy groups -OCH3 is 1. The minimum Gasteiger partial charge on any atom is -0.474 e. The van der Waals surface area contributed by atoms with E-state index in [0.29, 0.717) is 60.0 Å². The predicted molar refractivity (Wildman–Crippen MR) is 126 cm³/mol. The van der Waals surface area contributed by atoms with Crippen molar-refractivity contribution in [2.75, 3.05) is 49.8 Å². The molecule has 0 radical (unpaired) electrons. The number of ether oxygens (including phenoxy) is 3. The molecule has 5 rings (SSSR count). The molecule has 1 saturated heterocycles. The Morgan fingerprint density at radius 3 is 2.94 bits per heavy atom. The highest BCUT2D eigenvalue weighted by atomic mass is 19.1. The Bertz CT molecular complexity index is 1270. The molecule has 34 heavy (non-hydrogen) atoms. The van der Waals surface area contributed by atoms with E-state index in [1.54, 1.807) is 25.4 Å². The first-order chi connectivity index (χ1) is 16.5. The number of nitrogen functional groups attached to an aromatic ring is 1. The number of hydrogen-bond donors (Lipinski definition) is 4. The number of halogens is 1. The fraction of sp³-hybridized carbons (Fsp3) is 0.348. The van der Waals surface area contributed by atoms with Crippen molar-refractivity contribution in [2.24, 2.45) is 0 Å². The lowest BCUT2D eigenvalue weighted by Gasteiger charge is -2.22. The van der Waals surface area contributed by atoms with Gasteiger partial charge in [-0.3, -0.25) is 5.32 Å². The van der Waals surface area contributed by atoms with Crippen molar-refractivity contribution in [3.63, 3.8) is 0 Å². The van der Waals surface area contributed by atoms with Gasteiger partial charge in [-0.2, -0.15) is 0 Å². The van der Waals surface area contributed by atoms with Gasteiger partial charge in [-0.1, -0.05) is 0 Å². The topological polar surface area (TPSA) is 133 Å². The Labute approximate surface area is 195 Å². The molecule has 3 aromatic rings. The lowest BCUT2D eigenvalue weighted by Crippen LogP contribution is -2.45. The second-order valence-corrected chi connectivity index (χ2v) is 8.21. The molecule has 2 aliphatic rings. The minimum atomic E-state index is -0.554. The molecule has 10 nitrogen and oxygen atoms in total. The molecule has 0 unspecified atom stereocenters. The van der Waals surface area contributed by atoms with Gasteiger partial charge in [-0.15, -0.1) is 0 Å². The number of benzene rings is 1. The third-order valence-electron chi connectivity index (χ3n) is 6.12. The van der Waals surface area contributed by atoms with E-state index in [1.807, 2.05) is 6.92 Å². The molecular formula is C23H25FN6O4. The molecule has 178 valence electrons. The zero-order valence-corrected chi connectivity index (χ0v) is 18.8. The summed E-state index contributed by atoms with van der Waals surface area (Å²) in [6.45, 7) is 3.82. The fourth-order valence-electron chi connectivity index (χ4n) is 4.28. The van der Waals surface area contributed by atoms with Crippen LogP contribution in [0.25, 0.3) is 21.9 Å². The summed E-state index contributed by atoms with van der Waals surface area (Å²) in [7, 11) is 1.57. The second kappa shape index (κ2) is 8.92. The number of nitrogens with zero attached hydrogens (tertiary/aromatic N) is 2. The van der Waals surface area contributed by atoms with Crippen LogP contribution in [0.1, 0.15) is 5.56 Å². The first-order valence-electron chi connectivity index (χ1n) is 10.9. The molecule has 0 spiro atoms. The standard InChI is InChI=1S/C23H25FN6O4/c1-11-14(7-28-22-21(11)26-3-4-34-22)13-5-12-6-18(27-8-15(12)20(25)19(13)24)30-23(31)29-16-9-33-10-17(16)32-2/h5-8,16-17,26H,3-4,9-10,25H2,1-2H3,(H2,27,29,30,31)/t16-,17+/m1/s1. The van der Waals surface area contributed by atoms with E-state index in [0.717, 1.165) is 11.3 Å². The number of aromatic nitrogens is 2. The van der Waals surface area contributed by atoms with Gasteiger partial charge >= 0.3 is 6.03 Å². The van der Waals surface area contributed by atoms with Gasteiger partial charge in [0, 0.05) is 42.6 Å². The van der Waals surface area contributed by atoms with Crippen LogP contribution < -0.4 is 26.4 Å². The second-order valence-electron chi connectivity index (χ2n) is 8.21. The molecule has 2 amide bonds. The van der Waals surface area contributed by atoms with Crippen molar-refractivity contribution in [3.8, 4) is 17.0 Å². The Morgan fingerprint density at radius 2 is 2.12 bits per heavy atom. The van der Waals surface area contributed by atoms with Crippen LogP contribution in [0, 0.1) is 12.7 Å². The Morgan fingerprint density at radius 1 is 1.26 bits per heavy atom. The highest BCUT2D eigenvalue weighted by Gasteiger charge is 2.29. The van der Waals surface area contributed by atoms with Gasteiger partial charge in [0.05, 0.1) is 24.9 Å². The summed E-state index contributed by atoms with van der Waals surface area (Å²) in [4.78, 5) is 21.0. The highest BCUT2D eigenvalue weighted by molar-refractivity contribution is 6.00. The first kappa shape index (κ1) is 22.1. The van der Waals surface area contributed by atoms with Gasteiger partial charge < -0.3 is 30.6 Å². The molecular weight excluding hydrogens is 443 g/mol. The van der Waals surface area contributed by atoms with E-state index in [4.69, 9.17) is 19.9 Å². The number of fused-ring (bicyclic) bond motifs is 2. The number of carbonyl (C=O) groups is 1. The van der Waals surface area contributed by atoms with Gasteiger partial charge in [-0.05, 0) is 30.0 Å². The number of hydrogen-bond acceptors (Lipinski definition) is 8. The lowest BCUT2D eigenvalue weighted by atomic mass is 9.97. The minimum absolute atomic E-state index is 0.0247. The van der Waals surface area contributed by atoms with E-state index in [1.165, 1.54) is 6.20 Å². The van der Waals surface area contributed by atoms with Crippen molar-refractivity contribution in [2.45, 2.75) is 19.1 Å². The summed E-state index contributed by atoms with van der Waals surface area (Å²) in [5, 5.41) is 9.85. The van der Waals surface area contributed by atoms with Crippen LogP contribution in [0.3, 0.4) is 0 Å².